The van der Waals surface area contributed by atoms with Crippen LogP contribution < -0.4 is 15.5 Å². The number of aromatic nitrogens is 5. The molecule has 1 fully saturated rings. The Labute approximate surface area is 174 Å². The number of hydrogen-bond donors (Lipinski definition) is 0. The summed E-state index contributed by atoms with van der Waals surface area (Å²) in [4.78, 5) is 24.5. The van der Waals surface area contributed by atoms with E-state index in [-0.39, 0.29) is 18.9 Å². The Balaban J connectivity index is 1.35. The van der Waals surface area contributed by atoms with E-state index < -0.39 is 17.6 Å². The first-order valence-corrected chi connectivity index (χ1v) is 9.59. The van der Waals surface area contributed by atoms with Gasteiger partial charge in [-0.25, -0.2) is 14.2 Å². The number of piperazine rings is 1. The number of halogens is 4. The van der Waals surface area contributed by atoms with E-state index in [9.17, 15) is 22.4 Å². The Kier molecular flexibility index (Phi) is 5.61. The van der Waals surface area contributed by atoms with Gasteiger partial charge in [-0.05, 0) is 30.3 Å². The van der Waals surface area contributed by atoms with Crippen LogP contribution in [-0.4, -0.2) is 50.5 Å². The van der Waals surface area contributed by atoms with Crippen molar-refractivity contribution in [1.82, 2.24) is 24.3 Å². The second-order valence-electron chi connectivity index (χ2n) is 7.04. The maximum atomic E-state index is 13.1. The minimum Gasteiger partial charge on any atom is -0.368 e. The number of aryl methyl sites for hydroxylation is 2. The zero-order chi connectivity index (χ0) is 22.0. The second-order valence-corrected chi connectivity index (χ2v) is 7.04. The summed E-state index contributed by atoms with van der Waals surface area (Å²) >= 11 is 0. The average molecular weight is 437 g/mol. The molecule has 0 N–H and O–H groups in total. The number of alkyl halides is 3. The molecule has 0 radical (unpaired) electrons. The number of rotatable bonds is 5. The van der Waals surface area contributed by atoms with Crippen LogP contribution in [0.1, 0.15) is 5.69 Å². The normalized spacial score (nSPS) is 14.8. The molecule has 0 amide bonds. The third kappa shape index (κ3) is 4.84. The van der Waals surface area contributed by atoms with Gasteiger partial charge in [0.15, 0.2) is 5.69 Å². The molecule has 0 atom stereocenters. The highest BCUT2D eigenvalue weighted by Gasteiger charge is 2.33. The summed E-state index contributed by atoms with van der Waals surface area (Å²) in [7, 11) is 0. The zero-order valence-electron chi connectivity index (χ0n) is 16.3. The molecule has 1 aliphatic heterocycles. The fourth-order valence-corrected chi connectivity index (χ4v) is 3.32. The van der Waals surface area contributed by atoms with E-state index in [0.717, 1.165) is 16.4 Å². The largest absolute Gasteiger partial charge is 0.435 e. The van der Waals surface area contributed by atoms with Gasteiger partial charge < -0.3 is 9.80 Å². The lowest BCUT2D eigenvalue weighted by Gasteiger charge is -2.36. The monoisotopic (exact) mass is 437 g/mol. The van der Waals surface area contributed by atoms with Gasteiger partial charge in [0.2, 0.25) is 5.95 Å². The standard InChI is InChI=1S/C19H19F4N7O/c20-14-1-3-15(4-2-14)27-7-9-28(10-8-27)17-24-13-29(18(31)25-17)11-12-30-6-5-16(26-30)19(21,22)23/h1-6,13H,7-12H2. The summed E-state index contributed by atoms with van der Waals surface area (Å²) < 4.78 is 53.3. The minimum atomic E-state index is -4.51. The Morgan fingerprint density at radius 2 is 1.61 bits per heavy atom. The molecule has 0 saturated carbocycles. The van der Waals surface area contributed by atoms with Crippen LogP contribution in [-0.2, 0) is 19.3 Å². The van der Waals surface area contributed by atoms with Gasteiger partial charge in [0.1, 0.15) is 12.1 Å². The fraction of sp³-hybridized carbons (Fsp3) is 0.368. The van der Waals surface area contributed by atoms with Crippen molar-refractivity contribution < 1.29 is 17.6 Å². The summed E-state index contributed by atoms with van der Waals surface area (Å²) in [6, 6.07) is 7.16. The SMILES string of the molecule is O=c1nc(N2CCN(c3ccc(F)cc3)CC2)ncn1CCn1ccc(C(F)(F)F)n1. The van der Waals surface area contributed by atoms with Crippen molar-refractivity contribution in [2.45, 2.75) is 19.3 Å². The Morgan fingerprint density at radius 1 is 0.935 bits per heavy atom. The van der Waals surface area contributed by atoms with Crippen molar-refractivity contribution >= 4 is 11.6 Å². The first-order valence-electron chi connectivity index (χ1n) is 9.59. The molecule has 1 aliphatic rings. The van der Waals surface area contributed by atoms with Gasteiger partial charge in [0.05, 0.1) is 6.54 Å². The summed E-state index contributed by atoms with van der Waals surface area (Å²) in [5.41, 5.74) is -0.593. The predicted molar refractivity (Wildman–Crippen MR) is 104 cm³/mol. The lowest BCUT2D eigenvalue weighted by atomic mass is 10.2. The highest BCUT2D eigenvalue weighted by atomic mass is 19.4. The Hall–Kier alpha value is -3.44. The van der Waals surface area contributed by atoms with Crippen LogP contribution in [0.3, 0.4) is 0 Å². The molecule has 8 nitrogen and oxygen atoms in total. The molecular weight excluding hydrogens is 418 g/mol. The molecule has 0 unspecified atom stereocenters. The Bertz CT molecular complexity index is 1090. The smallest absolute Gasteiger partial charge is 0.368 e. The molecule has 4 rings (SSSR count). The molecule has 31 heavy (non-hydrogen) atoms. The maximum absolute atomic E-state index is 13.1. The van der Waals surface area contributed by atoms with Crippen molar-refractivity contribution in [3.63, 3.8) is 0 Å². The molecule has 0 aliphatic carbocycles. The average Bonchev–Trinajstić information content (AvgIpc) is 3.23. The van der Waals surface area contributed by atoms with Crippen LogP contribution in [0.5, 0.6) is 0 Å². The summed E-state index contributed by atoms with van der Waals surface area (Å²) in [5.74, 6) is 0.0168. The highest BCUT2D eigenvalue weighted by Crippen LogP contribution is 2.27. The van der Waals surface area contributed by atoms with Crippen LogP contribution >= 0.6 is 0 Å². The van der Waals surface area contributed by atoms with E-state index in [0.29, 0.717) is 32.1 Å². The highest BCUT2D eigenvalue weighted by molar-refractivity contribution is 5.48. The number of benzene rings is 1. The third-order valence-electron chi connectivity index (χ3n) is 5.01. The van der Waals surface area contributed by atoms with Gasteiger partial charge in [0, 0.05) is 44.6 Å². The maximum Gasteiger partial charge on any atom is 0.435 e. The zero-order valence-corrected chi connectivity index (χ0v) is 16.3. The van der Waals surface area contributed by atoms with E-state index in [1.165, 1.54) is 29.2 Å². The summed E-state index contributed by atoms with van der Waals surface area (Å²) in [6.45, 7) is 2.69. The molecule has 2 aromatic heterocycles. The van der Waals surface area contributed by atoms with Crippen LogP contribution in [0.15, 0.2) is 47.7 Å². The summed E-state index contributed by atoms with van der Waals surface area (Å²) in [5, 5.41) is 3.46. The molecule has 1 aromatic carbocycles. The lowest BCUT2D eigenvalue weighted by molar-refractivity contribution is -0.141. The van der Waals surface area contributed by atoms with E-state index in [4.69, 9.17) is 0 Å². The van der Waals surface area contributed by atoms with Crippen molar-refractivity contribution in [3.05, 3.63) is 64.9 Å². The van der Waals surface area contributed by atoms with Gasteiger partial charge in [-0.15, -0.1) is 0 Å². The van der Waals surface area contributed by atoms with Gasteiger partial charge in [-0.1, -0.05) is 0 Å². The van der Waals surface area contributed by atoms with Crippen LogP contribution in [0, 0.1) is 5.82 Å². The van der Waals surface area contributed by atoms with Crippen LogP contribution in [0.4, 0.5) is 29.2 Å². The minimum absolute atomic E-state index is 0.0784. The number of nitrogens with zero attached hydrogens (tertiary/aromatic N) is 7. The van der Waals surface area contributed by atoms with E-state index in [1.54, 1.807) is 12.1 Å². The lowest BCUT2D eigenvalue weighted by Crippen LogP contribution is -2.47. The van der Waals surface area contributed by atoms with Gasteiger partial charge in [-0.2, -0.15) is 23.3 Å². The molecule has 0 bridgehead atoms. The van der Waals surface area contributed by atoms with Gasteiger partial charge in [-0.3, -0.25) is 9.25 Å². The van der Waals surface area contributed by atoms with Crippen molar-refractivity contribution in [2.75, 3.05) is 36.0 Å². The molecule has 0 spiro atoms. The number of hydrogen-bond acceptors (Lipinski definition) is 6. The first kappa shape index (κ1) is 20.8. The van der Waals surface area contributed by atoms with E-state index >= 15 is 0 Å². The molecular formula is C19H19F4N7O. The van der Waals surface area contributed by atoms with Crippen molar-refractivity contribution in [3.8, 4) is 0 Å². The van der Waals surface area contributed by atoms with Gasteiger partial charge in [0.25, 0.3) is 0 Å². The van der Waals surface area contributed by atoms with Gasteiger partial charge >= 0.3 is 11.9 Å². The summed E-state index contributed by atoms with van der Waals surface area (Å²) in [6.07, 6.45) is -1.96. The van der Waals surface area contributed by atoms with Crippen LogP contribution in [0.25, 0.3) is 0 Å². The van der Waals surface area contributed by atoms with Crippen LogP contribution in [0.2, 0.25) is 0 Å². The first-order chi connectivity index (χ1) is 14.8. The van der Waals surface area contributed by atoms with E-state index in [2.05, 4.69) is 20.0 Å². The molecule has 3 heterocycles. The van der Waals surface area contributed by atoms with E-state index in [1.807, 2.05) is 4.90 Å². The molecule has 3 aromatic rings. The molecule has 12 heteroatoms. The van der Waals surface area contributed by atoms with Crippen molar-refractivity contribution in [2.24, 2.45) is 0 Å². The number of anilines is 2. The third-order valence-corrected chi connectivity index (χ3v) is 5.01. The van der Waals surface area contributed by atoms with Crippen molar-refractivity contribution in [1.29, 1.82) is 0 Å². The topological polar surface area (TPSA) is 72.1 Å². The fourth-order valence-electron chi connectivity index (χ4n) is 3.32. The Morgan fingerprint density at radius 3 is 2.23 bits per heavy atom. The molecule has 1 saturated heterocycles. The second kappa shape index (κ2) is 8.36. The predicted octanol–water partition coefficient (Wildman–Crippen LogP) is 2.02. The quantitative estimate of drug-likeness (QED) is 0.569. The molecule has 164 valence electrons.